The fourth-order valence-electron chi connectivity index (χ4n) is 4.16. The van der Waals surface area contributed by atoms with E-state index in [2.05, 4.69) is 0 Å². The van der Waals surface area contributed by atoms with Crippen molar-refractivity contribution in [1.82, 2.24) is 0 Å². The van der Waals surface area contributed by atoms with Gasteiger partial charge in [-0.1, -0.05) is 19.3 Å². The van der Waals surface area contributed by atoms with Crippen LogP contribution in [0.3, 0.4) is 0 Å². The lowest BCUT2D eigenvalue weighted by Crippen LogP contribution is -2.37. The summed E-state index contributed by atoms with van der Waals surface area (Å²) in [6.45, 7) is 0.956. The van der Waals surface area contributed by atoms with E-state index in [1.807, 2.05) is 0 Å². The summed E-state index contributed by atoms with van der Waals surface area (Å²) < 4.78 is 0. The lowest BCUT2D eigenvalue weighted by atomic mass is 9.67. The maximum atomic E-state index is 5.77. The molecule has 1 heteroatoms. The van der Waals surface area contributed by atoms with Gasteiger partial charge in [0.25, 0.3) is 0 Å². The topological polar surface area (TPSA) is 26.0 Å². The summed E-state index contributed by atoms with van der Waals surface area (Å²) in [6.07, 6.45) is 10.7. The van der Waals surface area contributed by atoms with Gasteiger partial charge in [0.05, 0.1) is 0 Å². The van der Waals surface area contributed by atoms with Gasteiger partial charge in [-0.15, -0.1) is 0 Å². The van der Waals surface area contributed by atoms with E-state index in [0.717, 1.165) is 36.1 Å². The monoisotopic (exact) mass is 193 g/mol. The summed E-state index contributed by atoms with van der Waals surface area (Å²) >= 11 is 0. The van der Waals surface area contributed by atoms with Crippen LogP contribution in [0.15, 0.2) is 0 Å². The zero-order valence-electron chi connectivity index (χ0n) is 9.12. The van der Waals surface area contributed by atoms with Crippen molar-refractivity contribution in [1.29, 1.82) is 0 Å². The van der Waals surface area contributed by atoms with Crippen molar-refractivity contribution in [3.63, 3.8) is 0 Å². The molecule has 0 bridgehead atoms. The Morgan fingerprint density at radius 1 is 1.00 bits per heavy atom. The van der Waals surface area contributed by atoms with Crippen LogP contribution in [-0.4, -0.2) is 6.54 Å². The second-order valence-corrected chi connectivity index (χ2v) is 6.03. The summed E-state index contributed by atoms with van der Waals surface area (Å²) in [5, 5.41) is 0. The van der Waals surface area contributed by atoms with Crippen LogP contribution in [-0.2, 0) is 0 Å². The van der Waals surface area contributed by atoms with Crippen molar-refractivity contribution in [2.45, 2.75) is 44.9 Å². The highest BCUT2D eigenvalue weighted by molar-refractivity contribution is 4.97. The summed E-state index contributed by atoms with van der Waals surface area (Å²) in [5.74, 6) is 5.26. The fraction of sp³-hybridized carbons (Fsp3) is 1.00. The van der Waals surface area contributed by atoms with Crippen LogP contribution in [0.4, 0.5) is 0 Å². The van der Waals surface area contributed by atoms with Gasteiger partial charge in [0.2, 0.25) is 0 Å². The highest BCUT2D eigenvalue weighted by atomic mass is 14.6. The van der Waals surface area contributed by atoms with E-state index in [9.17, 15) is 0 Å². The maximum Gasteiger partial charge on any atom is -0.00460 e. The van der Waals surface area contributed by atoms with E-state index in [1.165, 1.54) is 32.1 Å². The molecule has 3 saturated carbocycles. The third-order valence-electron chi connectivity index (χ3n) is 5.25. The van der Waals surface area contributed by atoms with E-state index in [1.54, 1.807) is 12.8 Å². The quantitative estimate of drug-likeness (QED) is 0.733. The fourth-order valence-corrected chi connectivity index (χ4v) is 4.16. The molecule has 4 unspecified atom stereocenters. The Morgan fingerprint density at radius 3 is 2.50 bits per heavy atom. The lowest BCUT2D eigenvalue weighted by Gasteiger charge is -2.39. The van der Waals surface area contributed by atoms with Gasteiger partial charge in [-0.3, -0.25) is 0 Å². The van der Waals surface area contributed by atoms with Gasteiger partial charge in [-0.2, -0.15) is 0 Å². The van der Waals surface area contributed by atoms with Crippen LogP contribution in [0, 0.1) is 29.6 Å². The van der Waals surface area contributed by atoms with Crippen molar-refractivity contribution in [2.24, 2.45) is 35.3 Å². The second-order valence-electron chi connectivity index (χ2n) is 6.03. The smallest absolute Gasteiger partial charge is 0.00460 e. The Hall–Kier alpha value is -0.0400. The van der Waals surface area contributed by atoms with Crippen LogP contribution >= 0.6 is 0 Å². The largest absolute Gasteiger partial charge is 0.330 e. The van der Waals surface area contributed by atoms with E-state index in [-0.39, 0.29) is 0 Å². The average molecular weight is 193 g/mol. The van der Waals surface area contributed by atoms with Gasteiger partial charge in [0.1, 0.15) is 0 Å². The van der Waals surface area contributed by atoms with Gasteiger partial charge in [0.15, 0.2) is 0 Å². The van der Waals surface area contributed by atoms with Crippen molar-refractivity contribution < 1.29 is 0 Å². The van der Waals surface area contributed by atoms with Gasteiger partial charge in [-0.25, -0.2) is 0 Å². The third-order valence-corrected chi connectivity index (χ3v) is 5.25. The molecule has 0 saturated heterocycles. The molecule has 2 N–H and O–H groups in total. The zero-order chi connectivity index (χ0) is 9.54. The minimum absolute atomic E-state index is 0.909. The third kappa shape index (κ3) is 1.41. The first-order chi connectivity index (χ1) is 6.86. The van der Waals surface area contributed by atoms with E-state index < -0.39 is 0 Å². The summed E-state index contributed by atoms with van der Waals surface area (Å²) in [7, 11) is 0. The Labute approximate surface area is 87.4 Å². The highest BCUT2D eigenvalue weighted by Gasteiger charge is 2.46. The minimum atomic E-state index is 0.909. The molecule has 0 aromatic heterocycles. The van der Waals surface area contributed by atoms with Crippen LogP contribution in [0.5, 0.6) is 0 Å². The first-order valence-electron chi connectivity index (χ1n) is 6.57. The van der Waals surface area contributed by atoms with E-state index >= 15 is 0 Å². The highest BCUT2D eigenvalue weighted by Crippen LogP contribution is 2.55. The molecule has 3 fully saturated rings. The SMILES string of the molecule is NCC1CC2CC(CC3CCC3)CC12. The number of nitrogens with two attached hydrogens (primary N) is 1. The van der Waals surface area contributed by atoms with E-state index in [0.29, 0.717) is 0 Å². The summed E-state index contributed by atoms with van der Waals surface area (Å²) in [5.41, 5.74) is 5.77. The van der Waals surface area contributed by atoms with Crippen molar-refractivity contribution >= 4 is 0 Å². The molecular weight excluding hydrogens is 170 g/mol. The van der Waals surface area contributed by atoms with Gasteiger partial charge in [-0.05, 0) is 61.8 Å². The van der Waals surface area contributed by atoms with Gasteiger partial charge < -0.3 is 5.73 Å². The molecule has 0 amide bonds. The first-order valence-corrected chi connectivity index (χ1v) is 6.57. The van der Waals surface area contributed by atoms with Crippen molar-refractivity contribution in [3.8, 4) is 0 Å². The molecule has 3 aliphatic carbocycles. The molecule has 1 nitrogen and oxygen atoms in total. The second kappa shape index (κ2) is 3.52. The van der Waals surface area contributed by atoms with Crippen LogP contribution in [0.2, 0.25) is 0 Å². The van der Waals surface area contributed by atoms with E-state index in [4.69, 9.17) is 5.73 Å². The normalized spacial score (nSPS) is 46.9. The molecule has 3 aliphatic rings. The molecule has 3 rings (SSSR count). The maximum absolute atomic E-state index is 5.77. The van der Waals surface area contributed by atoms with Crippen LogP contribution in [0.1, 0.15) is 44.9 Å². The molecule has 4 atom stereocenters. The standard InChI is InChI=1S/C13H23N/c14-8-12-7-11-5-10(6-13(11)12)4-9-2-1-3-9/h9-13H,1-8,14H2. The minimum Gasteiger partial charge on any atom is -0.330 e. The van der Waals surface area contributed by atoms with Crippen molar-refractivity contribution in [3.05, 3.63) is 0 Å². The van der Waals surface area contributed by atoms with Crippen LogP contribution in [0.25, 0.3) is 0 Å². The molecule has 0 spiro atoms. The summed E-state index contributed by atoms with van der Waals surface area (Å²) in [4.78, 5) is 0. The molecular formula is C13H23N. The van der Waals surface area contributed by atoms with Gasteiger partial charge >= 0.3 is 0 Å². The molecule has 0 heterocycles. The van der Waals surface area contributed by atoms with Crippen LogP contribution < -0.4 is 5.73 Å². The molecule has 0 radical (unpaired) electrons. The number of hydrogen-bond acceptors (Lipinski definition) is 1. The molecule has 14 heavy (non-hydrogen) atoms. The molecule has 0 aromatic carbocycles. The Morgan fingerprint density at radius 2 is 1.86 bits per heavy atom. The van der Waals surface area contributed by atoms with Gasteiger partial charge in [0, 0.05) is 0 Å². The lowest BCUT2D eigenvalue weighted by molar-refractivity contribution is 0.111. The summed E-state index contributed by atoms with van der Waals surface area (Å²) in [6, 6.07) is 0. The molecule has 80 valence electrons. The Balaban J connectivity index is 1.49. The number of hydrogen-bond donors (Lipinski definition) is 1. The first kappa shape index (κ1) is 9.21. The Kier molecular flexibility index (Phi) is 2.31. The predicted octanol–water partition coefficient (Wildman–Crippen LogP) is 2.80. The molecule has 0 aromatic rings. The molecule has 0 aliphatic heterocycles. The average Bonchev–Trinajstić information content (AvgIpc) is 2.39. The number of fused-ring (bicyclic) bond motifs is 1. The zero-order valence-corrected chi connectivity index (χ0v) is 9.12. The van der Waals surface area contributed by atoms with Crippen molar-refractivity contribution in [2.75, 3.05) is 6.54 Å². The number of rotatable bonds is 3. The Bertz CT molecular complexity index is 209. The predicted molar refractivity (Wildman–Crippen MR) is 58.8 cm³/mol.